The van der Waals surface area contributed by atoms with Crippen LogP contribution in [0.3, 0.4) is 0 Å². The quantitative estimate of drug-likeness (QED) is 0.895. The van der Waals surface area contributed by atoms with Crippen LogP contribution < -0.4 is 10.1 Å². The number of aromatic nitrogens is 1. The lowest BCUT2D eigenvalue weighted by molar-refractivity contribution is -0.122. The molecule has 2 aromatic rings. The zero-order chi connectivity index (χ0) is 13.2. The van der Waals surface area contributed by atoms with Crippen molar-refractivity contribution in [3.05, 3.63) is 53.7 Å². The van der Waals surface area contributed by atoms with Crippen LogP contribution in [0.4, 0.5) is 5.82 Å². The number of hydrogen-bond donors (Lipinski definition) is 1. The first-order valence-electron chi connectivity index (χ1n) is 6.23. The number of nitrogens with zero attached hydrogens (tertiary/aromatic N) is 1. The second-order valence-corrected chi connectivity index (χ2v) is 4.60. The number of rotatable bonds is 2. The molecule has 1 unspecified atom stereocenters. The Hall–Kier alpha value is -2.36. The highest BCUT2D eigenvalue weighted by molar-refractivity contribution is 5.96. The van der Waals surface area contributed by atoms with Gasteiger partial charge in [0.2, 0.25) is 0 Å². The molecule has 3 rings (SSSR count). The summed E-state index contributed by atoms with van der Waals surface area (Å²) in [5, 5.41) is 2.73. The fourth-order valence-electron chi connectivity index (χ4n) is 2.06. The molecule has 1 amide bonds. The van der Waals surface area contributed by atoms with Crippen molar-refractivity contribution in [1.82, 2.24) is 4.98 Å². The number of carbonyl (C=O) groups excluding carboxylic acids is 1. The number of amides is 1. The lowest BCUT2D eigenvalue weighted by Gasteiger charge is -2.22. The van der Waals surface area contributed by atoms with Crippen LogP contribution in [0.2, 0.25) is 0 Å². The molecule has 0 radical (unpaired) electrons. The first-order chi connectivity index (χ1) is 9.22. The van der Waals surface area contributed by atoms with Gasteiger partial charge in [-0.2, -0.15) is 0 Å². The van der Waals surface area contributed by atoms with E-state index in [0.29, 0.717) is 11.6 Å². The summed E-state index contributed by atoms with van der Waals surface area (Å²) in [6, 6.07) is 12.1. The van der Waals surface area contributed by atoms with Crippen molar-refractivity contribution >= 4 is 11.7 Å². The number of hydrogen-bond acceptors (Lipinski definition) is 3. The van der Waals surface area contributed by atoms with Crippen LogP contribution in [-0.4, -0.2) is 17.0 Å². The predicted octanol–water partition coefficient (Wildman–Crippen LogP) is 2.39. The monoisotopic (exact) mass is 254 g/mol. The maximum absolute atomic E-state index is 11.5. The third-order valence-corrected chi connectivity index (χ3v) is 3.07. The topological polar surface area (TPSA) is 51.2 Å². The van der Waals surface area contributed by atoms with Crippen LogP contribution in [0.1, 0.15) is 18.1 Å². The molecule has 0 bridgehead atoms. The van der Waals surface area contributed by atoms with Crippen LogP contribution in [0.15, 0.2) is 42.6 Å². The summed E-state index contributed by atoms with van der Waals surface area (Å²) in [5.41, 5.74) is 2.28. The van der Waals surface area contributed by atoms with E-state index >= 15 is 0 Å². The minimum absolute atomic E-state index is 0.157. The van der Waals surface area contributed by atoms with Gasteiger partial charge in [0, 0.05) is 6.20 Å². The second kappa shape index (κ2) is 4.72. The molecule has 0 saturated heterocycles. The summed E-state index contributed by atoms with van der Waals surface area (Å²) >= 11 is 0. The normalized spacial score (nSPS) is 17.3. The maximum Gasteiger partial charge on any atom is 0.266 e. The summed E-state index contributed by atoms with van der Waals surface area (Å²) in [7, 11) is 0. The second-order valence-electron chi connectivity index (χ2n) is 4.60. The highest BCUT2D eigenvalue weighted by Gasteiger charge is 2.24. The average molecular weight is 254 g/mol. The van der Waals surface area contributed by atoms with Gasteiger partial charge in [0.1, 0.15) is 0 Å². The molecule has 0 fully saturated rings. The number of benzene rings is 1. The molecule has 0 saturated carbocycles. The molecule has 1 aliphatic heterocycles. The molecule has 1 aliphatic rings. The summed E-state index contributed by atoms with van der Waals surface area (Å²) in [5.74, 6) is 0.983. The molecule has 0 spiro atoms. The maximum atomic E-state index is 11.5. The molecular weight excluding hydrogens is 240 g/mol. The van der Waals surface area contributed by atoms with E-state index in [2.05, 4.69) is 22.4 Å². The fourth-order valence-corrected chi connectivity index (χ4v) is 2.06. The van der Waals surface area contributed by atoms with Crippen molar-refractivity contribution in [3.63, 3.8) is 0 Å². The van der Waals surface area contributed by atoms with Crippen LogP contribution in [-0.2, 0) is 11.2 Å². The zero-order valence-corrected chi connectivity index (χ0v) is 10.6. The highest BCUT2D eigenvalue weighted by atomic mass is 16.5. The number of fused-ring (bicyclic) bond motifs is 1. The molecule has 0 aliphatic carbocycles. The van der Waals surface area contributed by atoms with Gasteiger partial charge in [-0.3, -0.25) is 4.79 Å². The Balaban J connectivity index is 1.86. The first-order valence-corrected chi connectivity index (χ1v) is 6.23. The Bertz CT molecular complexity index is 611. The Labute approximate surface area is 111 Å². The Morgan fingerprint density at radius 2 is 2.05 bits per heavy atom. The van der Waals surface area contributed by atoms with Crippen molar-refractivity contribution in [1.29, 1.82) is 0 Å². The molecule has 4 heteroatoms. The fraction of sp³-hybridized carbons (Fsp3) is 0.200. The third-order valence-electron chi connectivity index (χ3n) is 3.07. The van der Waals surface area contributed by atoms with Gasteiger partial charge >= 0.3 is 0 Å². The molecule has 4 nitrogen and oxygen atoms in total. The molecule has 1 atom stereocenters. The van der Waals surface area contributed by atoms with Crippen molar-refractivity contribution in [2.45, 2.75) is 19.4 Å². The van der Waals surface area contributed by atoms with E-state index in [1.807, 2.05) is 24.3 Å². The predicted molar refractivity (Wildman–Crippen MR) is 72.2 cm³/mol. The standard InChI is InChI=1S/C15H14N2O2/c1-10-15(18)17-14-13(19-10)8-12(9-16-14)7-11-5-3-2-4-6-11/h2-6,8-10H,7H2,1H3,(H,16,17,18). The number of pyridine rings is 1. The van der Waals surface area contributed by atoms with Crippen molar-refractivity contribution in [2.75, 3.05) is 5.32 Å². The Morgan fingerprint density at radius 1 is 1.26 bits per heavy atom. The number of ether oxygens (including phenoxy) is 1. The average Bonchev–Trinajstić information content (AvgIpc) is 2.42. The molecule has 2 heterocycles. The summed E-state index contributed by atoms with van der Waals surface area (Å²) in [6.07, 6.45) is 2.10. The highest BCUT2D eigenvalue weighted by Crippen LogP contribution is 2.28. The van der Waals surface area contributed by atoms with Crippen molar-refractivity contribution in [2.24, 2.45) is 0 Å². The minimum Gasteiger partial charge on any atom is -0.477 e. The lowest BCUT2D eigenvalue weighted by atomic mass is 10.1. The van der Waals surface area contributed by atoms with E-state index < -0.39 is 6.10 Å². The lowest BCUT2D eigenvalue weighted by Crippen LogP contribution is -2.34. The van der Waals surface area contributed by atoms with Crippen LogP contribution in [0.25, 0.3) is 0 Å². The van der Waals surface area contributed by atoms with Gasteiger partial charge in [0.25, 0.3) is 5.91 Å². The van der Waals surface area contributed by atoms with Gasteiger partial charge in [-0.15, -0.1) is 0 Å². The summed E-state index contributed by atoms with van der Waals surface area (Å²) in [6.45, 7) is 1.72. The van der Waals surface area contributed by atoms with E-state index in [0.717, 1.165) is 12.0 Å². The molecule has 1 N–H and O–H groups in total. The number of anilines is 1. The SMILES string of the molecule is CC1Oc2cc(Cc3ccccc3)cnc2NC1=O. The minimum atomic E-state index is -0.471. The van der Waals surface area contributed by atoms with Gasteiger partial charge in [0.05, 0.1) is 0 Å². The van der Waals surface area contributed by atoms with Gasteiger partial charge < -0.3 is 10.1 Å². The Morgan fingerprint density at radius 3 is 2.84 bits per heavy atom. The van der Waals surface area contributed by atoms with Crippen molar-refractivity contribution < 1.29 is 9.53 Å². The first kappa shape index (κ1) is 11.7. The van der Waals surface area contributed by atoms with Gasteiger partial charge in [-0.1, -0.05) is 30.3 Å². The number of carbonyl (C=O) groups is 1. The molecular formula is C15H14N2O2. The summed E-state index contributed by atoms with van der Waals surface area (Å²) < 4.78 is 5.55. The van der Waals surface area contributed by atoms with E-state index in [4.69, 9.17) is 4.74 Å². The molecule has 1 aromatic carbocycles. The molecule has 1 aromatic heterocycles. The zero-order valence-electron chi connectivity index (χ0n) is 10.6. The molecule has 19 heavy (non-hydrogen) atoms. The van der Waals surface area contributed by atoms with Crippen LogP contribution in [0.5, 0.6) is 5.75 Å². The third kappa shape index (κ3) is 2.42. The van der Waals surface area contributed by atoms with E-state index in [1.54, 1.807) is 13.1 Å². The van der Waals surface area contributed by atoms with E-state index in [-0.39, 0.29) is 5.91 Å². The van der Waals surface area contributed by atoms with Crippen LogP contribution >= 0.6 is 0 Å². The van der Waals surface area contributed by atoms with Gasteiger partial charge in [-0.25, -0.2) is 4.98 Å². The smallest absolute Gasteiger partial charge is 0.266 e. The number of nitrogens with one attached hydrogen (secondary N) is 1. The van der Waals surface area contributed by atoms with Crippen molar-refractivity contribution in [3.8, 4) is 5.75 Å². The Kier molecular flexibility index (Phi) is 2.91. The van der Waals surface area contributed by atoms with E-state index in [9.17, 15) is 4.79 Å². The summed E-state index contributed by atoms with van der Waals surface area (Å²) in [4.78, 5) is 15.7. The van der Waals surface area contributed by atoms with Gasteiger partial charge in [0.15, 0.2) is 17.7 Å². The molecule has 96 valence electrons. The van der Waals surface area contributed by atoms with Gasteiger partial charge in [-0.05, 0) is 30.5 Å². The largest absolute Gasteiger partial charge is 0.477 e. The van der Waals surface area contributed by atoms with E-state index in [1.165, 1.54) is 5.56 Å². The van der Waals surface area contributed by atoms with Crippen LogP contribution in [0, 0.1) is 0 Å².